The summed E-state index contributed by atoms with van der Waals surface area (Å²) in [6.07, 6.45) is 1.03. The summed E-state index contributed by atoms with van der Waals surface area (Å²) in [7, 11) is -1.15. The van der Waals surface area contributed by atoms with Crippen LogP contribution in [0.25, 0.3) is 0 Å². The van der Waals surface area contributed by atoms with Gasteiger partial charge in [-0.3, -0.25) is 14.4 Å². The molecule has 1 aromatic carbocycles. The Kier molecular flexibility index (Phi) is 6.82. The van der Waals surface area contributed by atoms with Crippen LogP contribution in [0.15, 0.2) is 46.2 Å². The second kappa shape index (κ2) is 8.92. The largest absolute Gasteiger partial charge is 0.345 e. The Hall–Kier alpha value is -3.12. The minimum Gasteiger partial charge on any atom is -0.345 e. The molecule has 2 amide bonds. The number of amides is 2. The fourth-order valence-electron chi connectivity index (χ4n) is 2.16. The van der Waals surface area contributed by atoms with Gasteiger partial charge in [0.1, 0.15) is 6.54 Å². The Labute approximate surface area is 165 Å². The summed E-state index contributed by atoms with van der Waals surface area (Å²) >= 11 is 0. The van der Waals surface area contributed by atoms with E-state index < -0.39 is 52.1 Å². The molecule has 0 saturated carbocycles. The molecule has 0 atom stereocenters. The highest BCUT2D eigenvalue weighted by molar-refractivity contribution is 7.89. The van der Waals surface area contributed by atoms with Gasteiger partial charge in [0.25, 0.3) is 5.56 Å². The molecule has 12 heteroatoms. The van der Waals surface area contributed by atoms with Gasteiger partial charge in [-0.1, -0.05) is 0 Å². The van der Waals surface area contributed by atoms with E-state index in [9.17, 15) is 31.6 Å². The normalized spacial score (nSPS) is 11.3. The highest BCUT2D eigenvalue weighted by Gasteiger charge is 2.19. The number of hydrogen-bond acceptors (Lipinski definition) is 5. The van der Waals surface area contributed by atoms with Gasteiger partial charge in [-0.25, -0.2) is 21.5 Å². The van der Waals surface area contributed by atoms with Crippen LogP contribution < -0.4 is 16.2 Å². The number of carbonyl (C=O) groups excluding carboxylic acids is 2. The SMILES string of the molecule is CN(C)S(=O)(=O)c1ccc(=O)n(CC(=O)NCC(=O)Nc2ccc(F)c(F)c2)c1. The van der Waals surface area contributed by atoms with Gasteiger partial charge in [-0.2, -0.15) is 0 Å². The summed E-state index contributed by atoms with van der Waals surface area (Å²) in [4.78, 5) is 35.5. The number of carbonyl (C=O) groups is 2. The van der Waals surface area contributed by atoms with Crippen molar-refractivity contribution in [2.75, 3.05) is 26.0 Å². The first-order chi connectivity index (χ1) is 13.5. The van der Waals surface area contributed by atoms with Gasteiger partial charge in [-0.05, 0) is 18.2 Å². The molecule has 156 valence electrons. The van der Waals surface area contributed by atoms with Crippen LogP contribution in [-0.4, -0.2) is 49.7 Å². The Bertz CT molecular complexity index is 1100. The van der Waals surface area contributed by atoms with Crippen LogP contribution in [0.1, 0.15) is 0 Å². The second-order valence-corrected chi connectivity index (χ2v) is 8.22. The Morgan fingerprint density at radius 3 is 2.38 bits per heavy atom. The minimum absolute atomic E-state index is 0.000890. The zero-order valence-corrected chi connectivity index (χ0v) is 16.3. The zero-order valence-electron chi connectivity index (χ0n) is 15.5. The van der Waals surface area contributed by atoms with E-state index in [0.717, 1.165) is 45.4 Å². The van der Waals surface area contributed by atoms with Crippen LogP contribution in [-0.2, 0) is 26.2 Å². The lowest BCUT2D eigenvalue weighted by Gasteiger charge is -2.13. The lowest BCUT2D eigenvalue weighted by atomic mass is 10.3. The predicted molar refractivity (Wildman–Crippen MR) is 99.6 cm³/mol. The van der Waals surface area contributed by atoms with Crippen molar-refractivity contribution in [1.82, 2.24) is 14.2 Å². The van der Waals surface area contributed by atoms with Crippen LogP contribution in [0, 0.1) is 11.6 Å². The molecule has 0 aliphatic carbocycles. The maximum Gasteiger partial charge on any atom is 0.251 e. The van der Waals surface area contributed by atoms with Gasteiger partial charge in [0.2, 0.25) is 21.8 Å². The maximum atomic E-state index is 13.1. The number of nitrogens with one attached hydrogen (secondary N) is 2. The van der Waals surface area contributed by atoms with Gasteiger partial charge < -0.3 is 15.2 Å². The van der Waals surface area contributed by atoms with Crippen molar-refractivity contribution in [1.29, 1.82) is 0 Å². The number of benzene rings is 1. The first-order valence-corrected chi connectivity index (χ1v) is 9.59. The molecule has 0 aliphatic heterocycles. The fraction of sp³-hybridized carbons (Fsp3) is 0.235. The minimum atomic E-state index is -3.80. The number of rotatable bonds is 7. The van der Waals surface area contributed by atoms with E-state index in [1.54, 1.807) is 0 Å². The molecule has 1 heterocycles. The molecule has 2 aromatic rings. The molecular formula is C17H18F2N4O5S. The molecule has 0 aliphatic rings. The topological polar surface area (TPSA) is 118 Å². The molecule has 0 bridgehead atoms. The van der Waals surface area contributed by atoms with Crippen molar-refractivity contribution in [3.05, 3.63) is 58.5 Å². The maximum absolute atomic E-state index is 13.1. The van der Waals surface area contributed by atoms with Gasteiger partial charge in [0.15, 0.2) is 11.6 Å². The molecule has 9 nitrogen and oxygen atoms in total. The first-order valence-electron chi connectivity index (χ1n) is 8.15. The molecule has 0 fully saturated rings. The number of anilines is 1. The molecule has 0 saturated heterocycles. The van der Waals surface area contributed by atoms with E-state index in [4.69, 9.17) is 0 Å². The molecule has 0 unspecified atom stereocenters. The number of pyridine rings is 1. The lowest BCUT2D eigenvalue weighted by Crippen LogP contribution is -2.37. The van der Waals surface area contributed by atoms with E-state index in [1.165, 1.54) is 14.1 Å². The van der Waals surface area contributed by atoms with Gasteiger partial charge in [0.05, 0.1) is 11.4 Å². The van der Waals surface area contributed by atoms with Crippen molar-refractivity contribution in [3.63, 3.8) is 0 Å². The van der Waals surface area contributed by atoms with Crippen molar-refractivity contribution in [3.8, 4) is 0 Å². The van der Waals surface area contributed by atoms with Crippen molar-refractivity contribution >= 4 is 27.5 Å². The van der Waals surface area contributed by atoms with E-state index in [-0.39, 0.29) is 10.6 Å². The molecule has 1 aromatic heterocycles. The third kappa shape index (κ3) is 5.68. The zero-order chi connectivity index (χ0) is 21.8. The van der Waals surface area contributed by atoms with E-state index in [0.29, 0.717) is 0 Å². The van der Waals surface area contributed by atoms with Crippen molar-refractivity contribution in [2.24, 2.45) is 0 Å². The molecule has 0 radical (unpaired) electrons. The average molecular weight is 428 g/mol. The van der Waals surface area contributed by atoms with E-state index >= 15 is 0 Å². The summed E-state index contributed by atoms with van der Waals surface area (Å²) in [6, 6.07) is 4.91. The predicted octanol–water partition coefficient (Wildman–Crippen LogP) is 0.132. The number of nitrogens with zero attached hydrogens (tertiary/aromatic N) is 2. The monoisotopic (exact) mass is 428 g/mol. The lowest BCUT2D eigenvalue weighted by molar-refractivity contribution is -0.124. The highest BCUT2D eigenvalue weighted by Crippen LogP contribution is 2.13. The summed E-state index contributed by atoms with van der Waals surface area (Å²) in [6.45, 7) is -1.02. The van der Waals surface area contributed by atoms with Crippen LogP contribution in [0.5, 0.6) is 0 Å². The van der Waals surface area contributed by atoms with Gasteiger partial charge in [-0.15, -0.1) is 0 Å². The van der Waals surface area contributed by atoms with Crippen molar-refractivity contribution < 1.29 is 26.8 Å². The van der Waals surface area contributed by atoms with Crippen molar-refractivity contribution in [2.45, 2.75) is 11.4 Å². The number of sulfonamides is 1. The third-order valence-electron chi connectivity index (χ3n) is 3.70. The Morgan fingerprint density at radius 2 is 1.76 bits per heavy atom. The fourth-order valence-corrected chi connectivity index (χ4v) is 3.09. The van der Waals surface area contributed by atoms with Crippen LogP contribution >= 0.6 is 0 Å². The van der Waals surface area contributed by atoms with Crippen LogP contribution in [0.4, 0.5) is 14.5 Å². The smallest absolute Gasteiger partial charge is 0.251 e. The number of aromatic nitrogens is 1. The van der Waals surface area contributed by atoms with E-state index in [1.807, 2.05) is 0 Å². The Morgan fingerprint density at radius 1 is 1.07 bits per heavy atom. The van der Waals surface area contributed by atoms with Gasteiger partial charge >= 0.3 is 0 Å². The molecular weight excluding hydrogens is 410 g/mol. The van der Waals surface area contributed by atoms with Crippen LogP contribution in [0.2, 0.25) is 0 Å². The molecule has 2 rings (SSSR count). The summed E-state index contributed by atoms with van der Waals surface area (Å²) in [5.74, 6) is -3.65. The standard InChI is InChI=1S/C17H18F2N4O5S/c1-22(2)29(27,28)12-4-6-17(26)23(9-12)10-16(25)20-8-15(24)21-11-3-5-13(18)14(19)7-11/h3-7,9H,8,10H2,1-2H3,(H,20,25)(H,21,24). The highest BCUT2D eigenvalue weighted by atomic mass is 32.2. The average Bonchev–Trinajstić information content (AvgIpc) is 2.64. The van der Waals surface area contributed by atoms with Crippen LogP contribution in [0.3, 0.4) is 0 Å². The molecule has 29 heavy (non-hydrogen) atoms. The third-order valence-corrected chi connectivity index (χ3v) is 5.50. The summed E-state index contributed by atoms with van der Waals surface area (Å²) in [5.41, 5.74) is -0.606. The summed E-state index contributed by atoms with van der Waals surface area (Å²) < 4.78 is 52.1. The Balaban J connectivity index is 1.99. The van der Waals surface area contributed by atoms with Gasteiger partial charge in [0, 0.05) is 38.1 Å². The molecule has 0 spiro atoms. The molecule has 2 N–H and O–H groups in total. The quantitative estimate of drug-likeness (QED) is 0.650. The first kappa shape index (κ1) is 22.2. The van der Waals surface area contributed by atoms with E-state index in [2.05, 4.69) is 10.6 Å². The second-order valence-electron chi connectivity index (χ2n) is 6.07. The summed E-state index contributed by atoms with van der Waals surface area (Å²) in [5, 5.41) is 4.52. The number of halogens is 2. The number of hydrogen-bond donors (Lipinski definition) is 2.